The Bertz CT molecular complexity index is 360. The lowest BCUT2D eigenvalue weighted by Gasteiger charge is -2.16. The van der Waals surface area contributed by atoms with Crippen LogP contribution in [0.15, 0.2) is 22.7 Å². The number of ether oxygens (including phenoxy) is 1. The maximum atomic E-state index is 13.1. The standard InChI is InChI=1S/C14H21BrFNO/c1-3-7-18-8-6-12(17-2)9-11-4-5-14(16)13(15)10-11/h4-5,10,12,17H,3,6-9H2,1-2H3. The van der Waals surface area contributed by atoms with Gasteiger partial charge in [-0.25, -0.2) is 4.39 Å². The Hall–Kier alpha value is -0.450. The second kappa shape index (κ2) is 8.62. The monoisotopic (exact) mass is 317 g/mol. The number of likely N-dealkylation sites (N-methyl/N-ethyl adjacent to an activating group) is 1. The van der Waals surface area contributed by atoms with Crippen molar-refractivity contribution in [3.05, 3.63) is 34.1 Å². The van der Waals surface area contributed by atoms with E-state index in [4.69, 9.17) is 4.74 Å². The summed E-state index contributed by atoms with van der Waals surface area (Å²) in [7, 11) is 1.95. The van der Waals surface area contributed by atoms with Crippen LogP contribution in [-0.2, 0) is 11.2 Å². The molecule has 0 aromatic heterocycles. The van der Waals surface area contributed by atoms with E-state index in [1.807, 2.05) is 19.2 Å². The molecule has 0 aliphatic carbocycles. The zero-order valence-corrected chi connectivity index (χ0v) is 12.6. The van der Waals surface area contributed by atoms with Crippen LogP contribution < -0.4 is 5.32 Å². The highest BCUT2D eigenvalue weighted by Crippen LogP contribution is 2.18. The fraction of sp³-hybridized carbons (Fsp3) is 0.571. The lowest BCUT2D eigenvalue weighted by Crippen LogP contribution is -2.29. The maximum Gasteiger partial charge on any atom is 0.137 e. The molecule has 0 fully saturated rings. The van der Waals surface area contributed by atoms with Crippen molar-refractivity contribution in [1.29, 1.82) is 0 Å². The van der Waals surface area contributed by atoms with E-state index >= 15 is 0 Å². The van der Waals surface area contributed by atoms with Gasteiger partial charge >= 0.3 is 0 Å². The van der Waals surface area contributed by atoms with Crippen LogP contribution in [0.1, 0.15) is 25.3 Å². The molecule has 18 heavy (non-hydrogen) atoms. The van der Waals surface area contributed by atoms with E-state index in [-0.39, 0.29) is 5.82 Å². The van der Waals surface area contributed by atoms with Crippen molar-refractivity contribution in [3.63, 3.8) is 0 Å². The molecule has 1 N–H and O–H groups in total. The predicted octanol–water partition coefficient (Wildman–Crippen LogP) is 3.54. The molecule has 0 amide bonds. The molecule has 102 valence electrons. The van der Waals surface area contributed by atoms with E-state index in [9.17, 15) is 4.39 Å². The summed E-state index contributed by atoms with van der Waals surface area (Å²) < 4.78 is 19.1. The molecule has 1 atom stereocenters. The quantitative estimate of drug-likeness (QED) is 0.740. The third-order valence-electron chi connectivity index (χ3n) is 2.83. The van der Waals surface area contributed by atoms with Gasteiger partial charge < -0.3 is 10.1 Å². The smallest absolute Gasteiger partial charge is 0.137 e. The number of nitrogens with one attached hydrogen (secondary N) is 1. The van der Waals surface area contributed by atoms with Crippen LogP contribution in [0.25, 0.3) is 0 Å². The zero-order valence-electron chi connectivity index (χ0n) is 11.0. The number of hydrogen-bond acceptors (Lipinski definition) is 2. The van der Waals surface area contributed by atoms with Gasteiger partial charge in [0.2, 0.25) is 0 Å². The van der Waals surface area contributed by atoms with Crippen molar-refractivity contribution in [3.8, 4) is 0 Å². The summed E-state index contributed by atoms with van der Waals surface area (Å²) >= 11 is 3.21. The number of hydrogen-bond donors (Lipinski definition) is 1. The molecular formula is C14H21BrFNO. The fourth-order valence-electron chi connectivity index (χ4n) is 1.77. The minimum atomic E-state index is -0.217. The molecule has 2 nitrogen and oxygen atoms in total. The first kappa shape index (κ1) is 15.6. The number of rotatable bonds is 8. The topological polar surface area (TPSA) is 21.3 Å². The summed E-state index contributed by atoms with van der Waals surface area (Å²) in [6, 6.07) is 5.53. The summed E-state index contributed by atoms with van der Waals surface area (Å²) in [5, 5.41) is 3.27. The Labute approximate surface area is 117 Å². The van der Waals surface area contributed by atoms with Crippen molar-refractivity contribution in [2.24, 2.45) is 0 Å². The summed E-state index contributed by atoms with van der Waals surface area (Å²) in [4.78, 5) is 0. The molecule has 0 aliphatic heterocycles. The van der Waals surface area contributed by atoms with Crippen molar-refractivity contribution < 1.29 is 9.13 Å². The van der Waals surface area contributed by atoms with Gasteiger partial charge in [0.05, 0.1) is 4.47 Å². The van der Waals surface area contributed by atoms with Gasteiger partial charge in [0, 0.05) is 19.3 Å². The average Bonchev–Trinajstić information content (AvgIpc) is 2.37. The van der Waals surface area contributed by atoms with Crippen LogP contribution >= 0.6 is 15.9 Å². The van der Waals surface area contributed by atoms with Gasteiger partial charge in [-0.2, -0.15) is 0 Å². The Morgan fingerprint density at radius 3 is 2.78 bits per heavy atom. The SMILES string of the molecule is CCCOCCC(Cc1ccc(F)c(Br)c1)NC. The molecule has 4 heteroatoms. The summed E-state index contributed by atoms with van der Waals surface area (Å²) in [6.07, 6.45) is 2.89. The van der Waals surface area contributed by atoms with Crippen LogP contribution in [0, 0.1) is 5.82 Å². The van der Waals surface area contributed by atoms with E-state index in [0.29, 0.717) is 10.5 Å². The Morgan fingerprint density at radius 2 is 2.17 bits per heavy atom. The van der Waals surface area contributed by atoms with Crippen LogP contribution in [0.4, 0.5) is 4.39 Å². The summed E-state index contributed by atoms with van der Waals surface area (Å²) in [5.41, 5.74) is 1.12. The van der Waals surface area contributed by atoms with Gasteiger partial charge in [-0.05, 0) is 59.9 Å². The van der Waals surface area contributed by atoms with Crippen molar-refractivity contribution in [2.45, 2.75) is 32.2 Å². The largest absolute Gasteiger partial charge is 0.381 e. The van der Waals surface area contributed by atoms with Crippen molar-refractivity contribution in [1.82, 2.24) is 5.32 Å². The maximum absolute atomic E-state index is 13.1. The van der Waals surface area contributed by atoms with Crippen LogP contribution in [0.5, 0.6) is 0 Å². The first-order chi connectivity index (χ1) is 8.67. The molecule has 0 saturated heterocycles. The summed E-state index contributed by atoms with van der Waals surface area (Å²) in [5.74, 6) is -0.217. The first-order valence-electron chi connectivity index (χ1n) is 6.36. The fourth-order valence-corrected chi connectivity index (χ4v) is 2.20. The third kappa shape index (κ3) is 5.46. The van der Waals surface area contributed by atoms with E-state index in [1.165, 1.54) is 6.07 Å². The highest BCUT2D eigenvalue weighted by Gasteiger charge is 2.08. The normalized spacial score (nSPS) is 12.7. The predicted molar refractivity (Wildman–Crippen MR) is 76.4 cm³/mol. The molecular weight excluding hydrogens is 297 g/mol. The molecule has 1 aromatic rings. The first-order valence-corrected chi connectivity index (χ1v) is 7.15. The number of benzene rings is 1. The lowest BCUT2D eigenvalue weighted by atomic mass is 10.0. The van der Waals surface area contributed by atoms with E-state index in [2.05, 4.69) is 28.2 Å². The minimum absolute atomic E-state index is 0.217. The van der Waals surface area contributed by atoms with Gasteiger partial charge in [0.1, 0.15) is 5.82 Å². The zero-order chi connectivity index (χ0) is 13.4. The molecule has 0 aliphatic rings. The van der Waals surface area contributed by atoms with E-state index in [0.717, 1.165) is 38.0 Å². The molecule has 1 aromatic carbocycles. The molecule has 0 heterocycles. The third-order valence-corrected chi connectivity index (χ3v) is 3.44. The average molecular weight is 318 g/mol. The Kier molecular flexibility index (Phi) is 7.47. The Morgan fingerprint density at radius 1 is 1.39 bits per heavy atom. The van der Waals surface area contributed by atoms with Crippen LogP contribution in [-0.4, -0.2) is 26.3 Å². The van der Waals surface area contributed by atoms with Crippen molar-refractivity contribution in [2.75, 3.05) is 20.3 Å². The van der Waals surface area contributed by atoms with Crippen molar-refractivity contribution >= 4 is 15.9 Å². The van der Waals surface area contributed by atoms with Gasteiger partial charge in [0.15, 0.2) is 0 Å². The lowest BCUT2D eigenvalue weighted by molar-refractivity contribution is 0.125. The van der Waals surface area contributed by atoms with Gasteiger partial charge in [-0.1, -0.05) is 13.0 Å². The van der Waals surface area contributed by atoms with Crippen LogP contribution in [0.2, 0.25) is 0 Å². The van der Waals surface area contributed by atoms with Gasteiger partial charge in [-0.3, -0.25) is 0 Å². The highest BCUT2D eigenvalue weighted by atomic mass is 79.9. The molecule has 0 spiro atoms. The Balaban J connectivity index is 2.44. The molecule has 1 unspecified atom stereocenters. The van der Waals surface area contributed by atoms with Gasteiger partial charge in [-0.15, -0.1) is 0 Å². The molecule has 1 rings (SSSR count). The minimum Gasteiger partial charge on any atom is -0.381 e. The van der Waals surface area contributed by atoms with E-state index in [1.54, 1.807) is 0 Å². The summed E-state index contributed by atoms with van der Waals surface area (Å²) in [6.45, 7) is 3.69. The second-order valence-corrected chi connectivity index (χ2v) is 5.19. The molecule has 0 bridgehead atoms. The molecule has 0 saturated carbocycles. The van der Waals surface area contributed by atoms with Gasteiger partial charge in [0.25, 0.3) is 0 Å². The molecule has 0 radical (unpaired) electrons. The van der Waals surface area contributed by atoms with E-state index < -0.39 is 0 Å². The highest BCUT2D eigenvalue weighted by molar-refractivity contribution is 9.10. The van der Waals surface area contributed by atoms with Crippen LogP contribution in [0.3, 0.4) is 0 Å². The second-order valence-electron chi connectivity index (χ2n) is 4.34. The number of halogens is 2.